The molecule has 0 amide bonds. The van der Waals surface area contributed by atoms with Crippen LogP contribution in [0.15, 0.2) is 18.2 Å². The molecular formula is C16H23N3O2. The fourth-order valence-electron chi connectivity index (χ4n) is 3.57. The van der Waals surface area contributed by atoms with E-state index in [0.29, 0.717) is 6.04 Å². The van der Waals surface area contributed by atoms with Gasteiger partial charge in [0, 0.05) is 37.3 Å². The normalized spacial score (nSPS) is 23.8. The highest BCUT2D eigenvalue weighted by Gasteiger charge is 2.29. The van der Waals surface area contributed by atoms with Crippen LogP contribution in [0.25, 0.3) is 0 Å². The van der Waals surface area contributed by atoms with Crippen molar-refractivity contribution in [2.45, 2.75) is 38.8 Å². The standard InChI is InChI=1S/C16H23N3O2/c1-13-4-5-14(10-16(13)19(20)21)11-17-9-6-15(12-17)18-7-2-3-8-18/h4-5,10,15H,2-3,6-9,11-12H2,1H3/t15-/m0/s1. The molecule has 0 aliphatic carbocycles. The number of rotatable bonds is 4. The molecule has 5 nitrogen and oxygen atoms in total. The second-order valence-electron chi connectivity index (χ2n) is 6.30. The van der Waals surface area contributed by atoms with Crippen molar-refractivity contribution in [3.63, 3.8) is 0 Å². The van der Waals surface area contributed by atoms with Gasteiger partial charge < -0.3 is 0 Å². The van der Waals surface area contributed by atoms with E-state index in [1.165, 1.54) is 32.4 Å². The van der Waals surface area contributed by atoms with E-state index < -0.39 is 0 Å². The Labute approximate surface area is 125 Å². The van der Waals surface area contributed by atoms with Crippen molar-refractivity contribution in [1.82, 2.24) is 9.80 Å². The number of likely N-dealkylation sites (tertiary alicyclic amines) is 2. The van der Waals surface area contributed by atoms with Gasteiger partial charge >= 0.3 is 0 Å². The van der Waals surface area contributed by atoms with Crippen molar-refractivity contribution in [3.05, 3.63) is 39.4 Å². The zero-order chi connectivity index (χ0) is 14.8. The Kier molecular flexibility index (Phi) is 4.22. The predicted octanol–water partition coefficient (Wildman–Crippen LogP) is 2.57. The summed E-state index contributed by atoms with van der Waals surface area (Å²) >= 11 is 0. The van der Waals surface area contributed by atoms with Crippen molar-refractivity contribution in [3.8, 4) is 0 Å². The maximum absolute atomic E-state index is 11.0. The maximum Gasteiger partial charge on any atom is 0.272 e. The van der Waals surface area contributed by atoms with Gasteiger partial charge in [-0.2, -0.15) is 0 Å². The van der Waals surface area contributed by atoms with Crippen molar-refractivity contribution in [1.29, 1.82) is 0 Å². The van der Waals surface area contributed by atoms with Gasteiger partial charge in [0.2, 0.25) is 0 Å². The summed E-state index contributed by atoms with van der Waals surface area (Å²) in [5.41, 5.74) is 2.03. The van der Waals surface area contributed by atoms with E-state index in [4.69, 9.17) is 0 Å². The van der Waals surface area contributed by atoms with E-state index in [9.17, 15) is 10.1 Å². The van der Waals surface area contributed by atoms with Gasteiger partial charge in [0.15, 0.2) is 0 Å². The molecule has 2 aliphatic heterocycles. The number of benzene rings is 1. The monoisotopic (exact) mass is 289 g/mol. The van der Waals surface area contributed by atoms with E-state index in [1.807, 2.05) is 12.1 Å². The van der Waals surface area contributed by atoms with E-state index in [0.717, 1.165) is 30.8 Å². The zero-order valence-corrected chi connectivity index (χ0v) is 12.6. The quantitative estimate of drug-likeness (QED) is 0.631. The fourth-order valence-corrected chi connectivity index (χ4v) is 3.57. The van der Waals surface area contributed by atoms with Crippen LogP contribution in [0.1, 0.15) is 30.4 Å². The minimum absolute atomic E-state index is 0.239. The summed E-state index contributed by atoms with van der Waals surface area (Å²) in [7, 11) is 0. The first-order valence-corrected chi connectivity index (χ1v) is 7.84. The molecule has 0 radical (unpaired) electrons. The summed E-state index contributed by atoms with van der Waals surface area (Å²) in [4.78, 5) is 15.8. The first-order valence-electron chi connectivity index (χ1n) is 7.84. The second kappa shape index (κ2) is 6.12. The molecule has 21 heavy (non-hydrogen) atoms. The van der Waals surface area contributed by atoms with Crippen molar-refractivity contribution in [2.24, 2.45) is 0 Å². The van der Waals surface area contributed by atoms with Crippen LogP contribution in [0.3, 0.4) is 0 Å². The first-order chi connectivity index (χ1) is 10.1. The summed E-state index contributed by atoms with van der Waals surface area (Å²) < 4.78 is 0. The van der Waals surface area contributed by atoms with Gasteiger partial charge in [-0.15, -0.1) is 0 Å². The number of hydrogen-bond acceptors (Lipinski definition) is 4. The van der Waals surface area contributed by atoms with Gasteiger partial charge in [-0.3, -0.25) is 19.9 Å². The zero-order valence-electron chi connectivity index (χ0n) is 12.6. The highest BCUT2D eigenvalue weighted by molar-refractivity contribution is 5.42. The van der Waals surface area contributed by atoms with Crippen LogP contribution in [-0.4, -0.2) is 46.9 Å². The highest BCUT2D eigenvalue weighted by Crippen LogP contribution is 2.24. The summed E-state index contributed by atoms with van der Waals surface area (Å²) in [6, 6.07) is 6.30. The molecule has 0 saturated carbocycles. The summed E-state index contributed by atoms with van der Waals surface area (Å²) in [6.07, 6.45) is 3.90. The van der Waals surface area contributed by atoms with E-state index in [2.05, 4.69) is 9.80 Å². The summed E-state index contributed by atoms with van der Waals surface area (Å²) in [5, 5.41) is 11.0. The lowest BCUT2D eigenvalue weighted by molar-refractivity contribution is -0.385. The van der Waals surface area contributed by atoms with E-state index in [-0.39, 0.29) is 10.6 Å². The Bertz CT molecular complexity index is 526. The topological polar surface area (TPSA) is 49.6 Å². The third-order valence-corrected chi connectivity index (χ3v) is 4.78. The van der Waals surface area contributed by atoms with Gasteiger partial charge in [0.1, 0.15) is 0 Å². The van der Waals surface area contributed by atoms with E-state index in [1.54, 1.807) is 13.0 Å². The molecule has 2 saturated heterocycles. The fraction of sp³-hybridized carbons (Fsp3) is 0.625. The van der Waals surface area contributed by atoms with E-state index >= 15 is 0 Å². The number of hydrogen-bond donors (Lipinski definition) is 0. The minimum atomic E-state index is -0.282. The average molecular weight is 289 g/mol. The van der Waals surface area contributed by atoms with Crippen LogP contribution in [0.4, 0.5) is 5.69 Å². The third kappa shape index (κ3) is 3.24. The van der Waals surface area contributed by atoms with Gasteiger partial charge in [-0.05, 0) is 44.8 Å². The Morgan fingerprint density at radius 2 is 2.05 bits per heavy atom. The molecule has 2 aliphatic rings. The molecule has 1 atom stereocenters. The van der Waals surface area contributed by atoms with Gasteiger partial charge in [-0.1, -0.05) is 12.1 Å². The number of nitro benzene ring substituents is 1. The Balaban J connectivity index is 1.62. The SMILES string of the molecule is Cc1ccc(CN2CC[C@H](N3CCCC3)C2)cc1[N+](=O)[O-]. The molecule has 3 rings (SSSR count). The first kappa shape index (κ1) is 14.5. The van der Waals surface area contributed by atoms with Gasteiger partial charge in [0.05, 0.1) is 4.92 Å². The smallest absolute Gasteiger partial charge is 0.272 e. The van der Waals surface area contributed by atoms with Crippen LogP contribution in [0.2, 0.25) is 0 Å². The van der Waals surface area contributed by atoms with Gasteiger partial charge in [0.25, 0.3) is 5.69 Å². The molecule has 2 fully saturated rings. The average Bonchev–Trinajstić information content (AvgIpc) is 3.11. The van der Waals surface area contributed by atoms with Crippen molar-refractivity contribution >= 4 is 5.69 Å². The lowest BCUT2D eigenvalue weighted by atomic mass is 10.1. The molecule has 0 aromatic heterocycles. The highest BCUT2D eigenvalue weighted by atomic mass is 16.6. The Morgan fingerprint density at radius 3 is 2.76 bits per heavy atom. The maximum atomic E-state index is 11.0. The molecule has 0 bridgehead atoms. The predicted molar refractivity (Wildman–Crippen MR) is 82.3 cm³/mol. The molecule has 0 spiro atoms. The lowest BCUT2D eigenvalue weighted by Crippen LogP contribution is -2.35. The van der Waals surface area contributed by atoms with Gasteiger partial charge in [-0.25, -0.2) is 0 Å². The molecule has 0 N–H and O–H groups in total. The molecule has 5 heteroatoms. The van der Waals surface area contributed by atoms with Crippen molar-refractivity contribution in [2.75, 3.05) is 26.2 Å². The number of nitro groups is 1. The lowest BCUT2D eigenvalue weighted by Gasteiger charge is -2.23. The van der Waals surface area contributed by atoms with Crippen LogP contribution in [0, 0.1) is 17.0 Å². The second-order valence-corrected chi connectivity index (χ2v) is 6.30. The van der Waals surface area contributed by atoms with Crippen molar-refractivity contribution < 1.29 is 4.92 Å². The molecular weight excluding hydrogens is 266 g/mol. The largest absolute Gasteiger partial charge is 0.299 e. The summed E-state index contributed by atoms with van der Waals surface area (Å²) in [6.45, 7) is 7.31. The molecule has 2 heterocycles. The van der Waals surface area contributed by atoms with Crippen LogP contribution >= 0.6 is 0 Å². The van der Waals surface area contributed by atoms with Crippen LogP contribution in [0.5, 0.6) is 0 Å². The Morgan fingerprint density at radius 1 is 1.29 bits per heavy atom. The summed E-state index contributed by atoms with van der Waals surface area (Å²) in [5.74, 6) is 0. The number of nitrogens with zero attached hydrogens (tertiary/aromatic N) is 3. The van der Waals surface area contributed by atoms with Crippen LogP contribution in [-0.2, 0) is 6.54 Å². The van der Waals surface area contributed by atoms with Crippen LogP contribution < -0.4 is 0 Å². The number of aryl methyl sites for hydroxylation is 1. The minimum Gasteiger partial charge on any atom is -0.299 e. The Hall–Kier alpha value is -1.46. The molecule has 1 aromatic rings. The third-order valence-electron chi connectivity index (χ3n) is 4.78. The molecule has 114 valence electrons. The molecule has 0 unspecified atom stereocenters. The molecule has 1 aromatic carbocycles.